The smallest absolute Gasteiger partial charge is 0.262 e. The minimum atomic E-state index is -1.14. The highest BCUT2D eigenvalue weighted by Crippen LogP contribution is 2.29. The van der Waals surface area contributed by atoms with E-state index in [1.54, 1.807) is 0 Å². The fraction of sp³-hybridized carbons (Fsp3) is 0.125. The zero-order valence-corrected chi connectivity index (χ0v) is 6.93. The number of anilines is 1. The maximum absolute atomic E-state index is 13.1. The number of rotatable bonds is 0. The molecule has 0 unspecified atom stereocenters. The van der Waals surface area contributed by atoms with Crippen molar-refractivity contribution in [1.82, 2.24) is 0 Å². The molecule has 1 amide bonds. The highest BCUT2D eigenvalue weighted by Gasteiger charge is 2.23. The molecule has 3 nitrogen and oxygen atoms in total. The summed E-state index contributed by atoms with van der Waals surface area (Å²) in [6.45, 7) is -0.340. The summed E-state index contributed by atoms with van der Waals surface area (Å²) >= 11 is 0. The van der Waals surface area contributed by atoms with E-state index >= 15 is 0 Å². The fourth-order valence-corrected chi connectivity index (χ4v) is 1.20. The van der Waals surface area contributed by atoms with Crippen molar-refractivity contribution in [2.75, 3.05) is 11.9 Å². The van der Waals surface area contributed by atoms with Gasteiger partial charge in [0.15, 0.2) is 18.2 Å². The molecule has 1 aromatic carbocycles. The maximum Gasteiger partial charge on any atom is 0.262 e. The molecule has 1 N–H and O–H groups in total. The van der Waals surface area contributed by atoms with Crippen molar-refractivity contribution < 1.29 is 18.3 Å². The molecule has 1 aromatic rings. The van der Waals surface area contributed by atoms with E-state index in [0.717, 1.165) is 6.07 Å². The van der Waals surface area contributed by atoms with Crippen molar-refractivity contribution in [2.45, 2.75) is 0 Å². The average Bonchev–Trinajstić information content (AvgIpc) is 2.14. The lowest BCUT2D eigenvalue weighted by Crippen LogP contribution is -2.30. The molecule has 0 atom stereocenters. The van der Waals surface area contributed by atoms with E-state index in [1.165, 1.54) is 0 Å². The SMILES string of the molecule is [B]c1cc(F)c(F)c2c1NC(=O)CO2. The second kappa shape index (κ2) is 2.97. The predicted molar refractivity (Wildman–Crippen MR) is 45.9 cm³/mol. The Morgan fingerprint density at radius 3 is 2.93 bits per heavy atom. The van der Waals surface area contributed by atoms with E-state index in [4.69, 9.17) is 12.6 Å². The number of carbonyl (C=O) groups excluding carboxylic acids is 1. The first kappa shape index (κ1) is 8.99. The van der Waals surface area contributed by atoms with Crippen molar-refractivity contribution >= 4 is 24.9 Å². The summed E-state index contributed by atoms with van der Waals surface area (Å²) in [5, 5.41) is 2.30. The highest BCUT2D eigenvalue weighted by atomic mass is 19.2. The van der Waals surface area contributed by atoms with Gasteiger partial charge < -0.3 is 10.1 Å². The van der Waals surface area contributed by atoms with Crippen LogP contribution in [0.25, 0.3) is 0 Å². The van der Waals surface area contributed by atoms with E-state index < -0.39 is 17.5 Å². The van der Waals surface area contributed by atoms with Crippen LogP contribution >= 0.6 is 0 Å². The van der Waals surface area contributed by atoms with Gasteiger partial charge in [0.1, 0.15) is 7.85 Å². The Bertz CT molecular complexity index is 422. The molecule has 2 radical (unpaired) electrons. The largest absolute Gasteiger partial charge is 0.478 e. The average molecular weight is 195 g/mol. The van der Waals surface area contributed by atoms with Gasteiger partial charge in [0.2, 0.25) is 5.82 Å². The molecule has 14 heavy (non-hydrogen) atoms. The van der Waals surface area contributed by atoms with Crippen LogP contribution in [-0.4, -0.2) is 20.4 Å². The number of benzene rings is 1. The van der Waals surface area contributed by atoms with Crippen LogP contribution in [0.15, 0.2) is 6.07 Å². The summed E-state index contributed by atoms with van der Waals surface area (Å²) in [5.74, 6) is -3.04. The van der Waals surface area contributed by atoms with Crippen molar-refractivity contribution in [3.8, 4) is 5.75 Å². The van der Waals surface area contributed by atoms with Crippen molar-refractivity contribution in [1.29, 1.82) is 0 Å². The lowest BCUT2D eigenvalue weighted by molar-refractivity contribution is -0.118. The summed E-state index contributed by atoms with van der Waals surface area (Å²) in [7, 11) is 5.37. The van der Waals surface area contributed by atoms with E-state index in [2.05, 4.69) is 5.32 Å². The monoisotopic (exact) mass is 195 g/mol. The fourth-order valence-electron chi connectivity index (χ4n) is 1.20. The Balaban J connectivity index is 2.62. The third-order valence-electron chi connectivity index (χ3n) is 1.82. The van der Waals surface area contributed by atoms with Gasteiger partial charge in [-0.15, -0.1) is 0 Å². The molecular formula is C8H4BF2NO2. The molecule has 1 aliphatic heterocycles. The lowest BCUT2D eigenvalue weighted by atomic mass is 9.92. The zero-order valence-electron chi connectivity index (χ0n) is 6.93. The standard InChI is InChI=1S/C8H4BF2NO2/c9-3-1-4(10)6(11)8-7(3)12-5(13)2-14-8/h1H,2H2,(H,12,13). The number of hydrogen-bond donors (Lipinski definition) is 1. The van der Waals surface area contributed by atoms with Crippen molar-refractivity contribution in [3.05, 3.63) is 17.7 Å². The minimum Gasteiger partial charge on any atom is -0.478 e. The van der Waals surface area contributed by atoms with Crippen LogP contribution in [0, 0.1) is 11.6 Å². The molecule has 1 heterocycles. The van der Waals surface area contributed by atoms with Gasteiger partial charge in [-0.3, -0.25) is 4.79 Å². The van der Waals surface area contributed by atoms with E-state index in [0.29, 0.717) is 0 Å². The van der Waals surface area contributed by atoms with Gasteiger partial charge in [-0.1, -0.05) is 5.46 Å². The molecule has 0 aromatic heterocycles. The maximum atomic E-state index is 13.1. The summed E-state index contributed by atoms with van der Waals surface area (Å²) in [6, 6.07) is 0.795. The van der Waals surface area contributed by atoms with E-state index in [1.807, 2.05) is 0 Å². The normalized spacial score (nSPS) is 14.3. The van der Waals surface area contributed by atoms with Gasteiger partial charge in [0.05, 0.1) is 5.69 Å². The Morgan fingerprint density at radius 2 is 2.21 bits per heavy atom. The number of halogens is 2. The molecule has 0 saturated carbocycles. The molecule has 2 rings (SSSR count). The molecule has 6 heteroatoms. The Morgan fingerprint density at radius 1 is 1.50 bits per heavy atom. The van der Waals surface area contributed by atoms with Crippen LogP contribution in [0.4, 0.5) is 14.5 Å². The number of carbonyl (C=O) groups is 1. The Kier molecular flexibility index (Phi) is 1.91. The molecule has 0 bridgehead atoms. The summed E-state index contributed by atoms with van der Waals surface area (Å²) in [5.41, 5.74) is -0.0768. The molecule has 0 spiro atoms. The number of ether oxygens (including phenoxy) is 1. The van der Waals surface area contributed by atoms with Gasteiger partial charge in [0, 0.05) is 0 Å². The summed E-state index contributed by atoms with van der Waals surface area (Å²) in [6.07, 6.45) is 0. The Labute approximate surface area is 79.5 Å². The number of hydrogen-bond acceptors (Lipinski definition) is 2. The van der Waals surface area contributed by atoms with Crippen molar-refractivity contribution in [2.24, 2.45) is 0 Å². The minimum absolute atomic E-state index is 0.0137. The molecular weight excluding hydrogens is 191 g/mol. The van der Waals surface area contributed by atoms with Crippen molar-refractivity contribution in [3.63, 3.8) is 0 Å². The third kappa shape index (κ3) is 1.23. The van der Waals surface area contributed by atoms with Crippen LogP contribution < -0.4 is 15.5 Å². The zero-order chi connectivity index (χ0) is 10.3. The number of amides is 1. The van der Waals surface area contributed by atoms with E-state index in [-0.39, 0.29) is 23.5 Å². The molecule has 0 fully saturated rings. The molecule has 0 saturated heterocycles. The predicted octanol–water partition coefficient (Wildman–Crippen LogP) is 0.0895. The van der Waals surface area contributed by atoms with Crippen LogP contribution in [0.1, 0.15) is 0 Å². The topological polar surface area (TPSA) is 38.3 Å². The summed E-state index contributed by atoms with van der Waals surface area (Å²) < 4.78 is 30.6. The van der Waals surface area contributed by atoms with Gasteiger partial charge in [-0.2, -0.15) is 4.39 Å². The number of nitrogens with one attached hydrogen (secondary N) is 1. The molecule has 0 aliphatic carbocycles. The third-order valence-corrected chi connectivity index (χ3v) is 1.82. The van der Waals surface area contributed by atoms with Gasteiger partial charge >= 0.3 is 0 Å². The quantitative estimate of drug-likeness (QED) is 0.595. The first-order valence-corrected chi connectivity index (χ1v) is 3.79. The lowest BCUT2D eigenvalue weighted by Gasteiger charge is -2.20. The van der Waals surface area contributed by atoms with Crippen LogP contribution in [0.2, 0.25) is 0 Å². The van der Waals surface area contributed by atoms with Crippen LogP contribution in [0.5, 0.6) is 5.75 Å². The first-order valence-electron chi connectivity index (χ1n) is 3.79. The van der Waals surface area contributed by atoms with Crippen LogP contribution in [0.3, 0.4) is 0 Å². The second-order valence-electron chi connectivity index (χ2n) is 2.80. The summed E-state index contributed by atoms with van der Waals surface area (Å²) in [4.78, 5) is 10.9. The highest BCUT2D eigenvalue weighted by molar-refractivity contribution is 6.37. The van der Waals surface area contributed by atoms with E-state index in [9.17, 15) is 13.6 Å². The Hall–Kier alpha value is -1.59. The molecule has 1 aliphatic rings. The first-order chi connectivity index (χ1) is 6.59. The number of fused-ring (bicyclic) bond motifs is 1. The van der Waals surface area contributed by atoms with Gasteiger partial charge in [-0.05, 0) is 6.07 Å². The second-order valence-corrected chi connectivity index (χ2v) is 2.80. The van der Waals surface area contributed by atoms with Gasteiger partial charge in [0.25, 0.3) is 5.91 Å². The molecule has 70 valence electrons. The van der Waals surface area contributed by atoms with Crippen LogP contribution in [-0.2, 0) is 4.79 Å². The van der Waals surface area contributed by atoms with Gasteiger partial charge in [-0.25, -0.2) is 4.39 Å².